The number of hydrogen-bond acceptors (Lipinski definition) is 3. The summed E-state index contributed by atoms with van der Waals surface area (Å²) in [5, 5.41) is 1.20. The third-order valence-corrected chi connectivity index (χ3v) is 2.58. The van der Waals surface area contributed by atoms with Crippen LogP contribution in [0.3, 0.4) is 0 Å². The van der Waals surface area contributed by atoms with E-state index in [-0.39, 0.29) is 0 Å². The highest BCUT2D eigenvalue weighted by Crippen LogP contribution is 2.07. The summed E-state index contributed by atoms with van der Waals surface area (Å²) >= 11 is 0. The van der Waals surface area contributed by atoms with E-state index in [1.807, 2.05) is 30.5 Å². The Morgan fingerprint density at radius 2 is 1.94 bits per heavy atom. The average Bonchev–Trinajstić information content (AvgIpc) is 2.40. The molecule has 0 unspecified atom stereocenters. The Kier molecular flexibility index (Phi) is 6.68. The van der Waals surface area contributed by atoms with E-state index in [1.165, 1.54) is 5.39 Å². The van der Waals surface area contributed by atoms with E-state index in [0.29, 0.717) is 13.0 Å². The first-order chi connectivity index (χ1) is 8.74. The van der Waals surface area contributed by atoms with Gasteiger partial charge in [-0.15, -0.1) is 6.58 Å². The summed E-state index contributed by atoms with van der Waals surface area (Å²) in [5.74, 6) is 0. The van der Waals surface area contributed by atoms with Crippen LogP contribution in [0, 0.1) is 0 Å². The Morgan fingerprint density at radius 3 is 2.61 bits per heavy atom. The zero-order valence-electron chi connectivity index (χ0n) is 9.95. The van der Waals surface area contributed by atoms with Gasteiger partial charge in [0, 0.05) is 18.1 Å². The maximum absolute atomic E-state index is 9.77. The highest BCUT2D eigenvalue weighted by molar-refractivity contribution is 7.70. The molecule has 2 rings (SSSR count). The Balaban J connectivity index is 0.000000187. The summed E-state index contributed by atoms with van der Waals surface area (Å²) in [6.07, 6.45) is 4.15. The van der Waals surface area contributed by atoms with Gasteiger partial charge in [0.1, 0.15) is 0 Å². The number of fused-ring (bicyclic) bond motifs is 1. The second kappa shape index (κ2) is 8.38. The standard InChI is InChI=1S/C9H7N.C4H9NO2S/c1-2-6-9-8(4-1)5-3-7-10-9;1-2-3-4-5-8(6)7/h1-7H;2,8H,1,3-4H2,(H,5,6,7). The number of aromatic nitrogens is 1. The quantitative estimate of drug-likeness (QED) is 0.504. The summed E-state index contributed by atoms with van der Waals surface area (Å²) in [4.78, 5) is 4.18. The summed E-state index contributed by atoms with van der Waals surface area (Å²) in [6, 6.07) is 12.1. The molecule has 4 nitrogen and oxygen atoms in total. The lowest BCUT2D eigenvalue weighted by Crippen LogP contribution is -2.11. The Bertz CT molecular complexity index is 494. The maximum atomic E-state index is 9.77. The Labute approximate surface area is 108 Å². The first kappa shape index (κ1) is 14.3. The van der Waals surface area contributed by atoms with E-state index < -0.39 is 10.9 Å². The van der Waals surface area contributed by atoms with Crippen molar-refractivity contribution in [3.8, 4) is 0 Å². The van der Waals surface area contributed by atoms with Crippen molar-refractivity contribution in [3.63, 3.8) is 0 Å². The first-order valence-electron chi connectivity index (χ1n) is 5.52. The number of rotatable bonds is 4. The number of hydrogen-bond donors (Lipinski definition) is 2. The molecular weight excluding hydrogens is 248 g/mol. The minimum absolute atomic E-state index is 0.461. The van der Waals surface area contributed by atoms with Gasteiger partial charge < -0.3 is 0 Å². The predicted molar refractivity (Wildman–Crippen MR) is 74.9 cm³/mol. The third kappa shape index (κ3) is 5.56. The van der Waals surface area contributed by atoms with Crippen LogP contribution in [0.1, 0.15) is 6.42 Å². The second-order valence-corrected chi connectivity index (χ2v) is 4.27. The monoisotopic (exact) mass is 264 g/mol. The minimum atomic E-state index is -2.41. The van der Waals surface area contributed by atoms with E-state index in [4.69, 9.17) is 0 Å². The van der Waals surface area contributed by atoms with Crippen molar-refractivity contribution < 1.29 is 8.42 Å². The van der Waals surface area contributed by atoms with Gasteiger partial charge in [0.05, 0.1) is 5.52 Å². The van der Waals surface area contributed by atoms with Crippen LogP contribution in [0.5, 0.6) is 0 Å². The van der Waals surface area contributed by atoms with E-state index in [1.54, 1.807) is 6.08 Å². The molecule has 5 heteroatoms. The van der Waals surface area contributed by atoms with E-state index in [2.05, 4.69) is 28.4 Å². The summed E-state index contributed by atoms with van der Waals surface area (Å²) < 4.78 is 21.8. The number of benzene rings is 1. The van der Waals surface area contributed by atoms with Crippen LogP contribution in [0.4, 0.5) is 0 Å². The second-order valence-electron chi connectivity index (χ2n) is 3.44. The van der Waals surface area contributed by atoms with Crippen molar-refractivity contribution in [1.82, 2.24) is 9.71 Å². The molecule has 0 fully saturated rings. The van der Waals surface area contributed by atoms with Gasteiger partial charge in [0.2, 0.25) is 10.9 Å². The highest BCUT2D eigenvalue weighted by Gasteiger charge is 1.86. The molecule has 0 saturated carbocycles. The highest BCUT2D eigenvalue weighted by atomic mass is 32.2. The van der Waals surface area contributed by atoms with E-state index >= 15 is 0 Å². The average molecular weight is 264 g/mol. The van der Waals surface area contributed by atoms with Gasteiger partial charge in [0.25, 0.3) is 0 Å². The van der Waals surface area contributed by atoms with Crippen molar-refractivity contribution in [2.24, 2.45) is 0 Å². The SMILES string of the molecule is C=CCCN[SH](=O)=O.c1ccc2ncccc2c1. The van der Waals surface area contributed by atoms with Crippen LogP contribution < -0.4 is 4.72 Å². The lowest BCUT2D eigenvalue weighted by molar-refractivity contribution is 0.602. The molecule has 0 bridgehead atoms. The van der Waals surface area contributed by atoms with Gasteiger partial charge in [-0.2, -0.15) is 0 Å². The molecule has 96 valence electrons. The lowest BCUT2D eigenvalue weighted by Gasteiger charge is -1.91. The topological polar surface area (TPSA) is 59.1 Å². The van der Waals surface area contributed by atoms with Crippen LogP contribution in [0.15, 0.2) is 55.3 Å². The van der Waals surface area contributed by atoms with Crippen LogP contribution in [0.2, 0.25) is 0 Å². The molecular formula is C13H16N2O2S. The molecule has 0 spiro atoms. The molecule has 0 atom stereocenters. The van der Waals surface area contributed by atoms with Crippen molar-refractivity contribution in [1.29, 1.82) is 0 Å². The summed E-state index contributed by atoms with van der Waals surface area (Å²) in [7, 11) is -2.41. The molecule has 1 aromatic carbocycles. The van der Waals surface area contributed by atoms with Crippen molar-refractivity contribution in [2.75, 3.05) is 6.54 Å². The molecule has 18 heavy (non-hydrogen) atoms. The lowest BCUT2D eigenvalue weighted by atomic mass is 10.2. The van der Waals surface area contributed by atoms with Gasteiger partial charge in [-0.25, -0.2) is 13.1 Å². The zero-order chi connectivity index (χ0) is 13.2. The molecule has 0 aliphatic heterocycles. The zero-order valence-corrected chi connectivity index (χ0v) is 10.8. The first-order valence-corrected chi connectivity index (χ1v) is 6.70. The minimum Gasteiger partial charge on any atom is -0.256 e. The van der Waals surface area contributed by atoms with Crippen LogP contribution in [0.25, 0.3) is 10.9 Å². The van der Waals surface area contributed by atoms with Gasteiger partial charge in [-0.3, -0.25) is 4.98 Å². The number of pyridine rings is 1. The molecule has 0 saturated heterocycles. The Hall–Kier alpha value is -1.72. The van der Waals surface area contributed by atoms with Crippen LogP contribution in [-0.4, -0.2) is 19.9 Å². The van der Waals surface area contributed by atoms with Crippen LogP contribution >= 0.6 is 0 Å². The normalized spacial score (nSPS) is 9.83. The maximum Gasteiger partial charge on any atom is 0.201 e. The van der Waals surface area contributed by atoms with Gasteiger partial charge in [-0.1, -0.05) is 30.3 Å². The number of thiol groups is 1. The van der Waals surface area contributed by atoms with Gasteiger partial charge >= 0.3 is 0 Å². The van der Waals surface area contributed by atoms with Gasteiger partial charge in [0.15, 0.2) is 0 Å². The molecule has 0 amide bonds. The van der Waals surface area contributed by atoms with Crippen molar-refractivity contribution in [2.45, 2.75) is 6.42 Å². The molecule has 1 aromatic heterocycles. The molecule has 1 N–H and O–H groups in total. The fourth-order valence-corrected chi connectivity index (χ4v) is 1.59. The van der Waals surface area contributed by atoms with Gasteiger partial charge in [-0.05, 0) is 18.6 Å². The van der Waals surface area contributed by atoms with Crippen LogP contribution in [-0.2, 0) is 10.9 Å². The van der Waals surface area contributed by atoms with Crippen molar-refractivity contribution >= 4 is 21.8 Å². The number of nitrogens with zero attached hydrogens (tertiary/aromatic N) is 1. The fraction of sp³-hybridized carbons (Fsp3) is 0.154. The largest absolute Gasteiger partial charge is 0.256 e. The number of para-hydroxylation sites is 1. The predicted octanol–water partition coefficient (Wildman–Crippen LogP) is 1.91. The summed E-state index contributed by atoms with van der Waals surface area (Å²) in [5.41, 5.74) is 1.06. The smallest absolute Gasteiger partial charge is 0.201 e. The fourth-order valence-electron chi connectivity index (χ4n) is 1.27. The van der Waals surface area contributed by atoms with Crippen molar-refractivity contribution in [3.05, 3.63) is 55.3 Å². The summed E-state index contributed by atoms with van der Waals surface area (Å²) in [6.45, 7) is 3.88. The Morgan fingerprint density at radius 1 is 1.22 bits per heavy atom. The third-order valence-electron chi connectivity index (χ3n) is 2.10. The molecule has 0 aliphatic carbocycles. The molecule has 0 radical (unpaired) electrons. The molecule has 0 aliphatic rings. The number of nitrogens with one attached hydrogen (secondary N) is 1. The molecule has 1 heterocycles. The molecule has 2 aromatic rings. The van der Waals surface area contributed by atoms with E-state index in [9.17, 15) is 8.42 Å². The van der Waals surface area contributed by atoms with E-state index in [0.717, 1.165) is 5.52 Å².